The number of nitrogens with zero attached hydrogens (tertiary/aromatic N) is 1. The SMILES string of the molecule is COc1ccc2cc(CN(C)C(=O)NN)ccc2c1. The molecule has 19 heavy (non-hydrogen) atoms. The van der Waals surface area contributed by atoms with Gasteiger partial charge in [-0.15, -0.1) is 0 Å². The van der Waals surface area contributed by atoms with Gasteiger partial charge in [0.1, 0.15) is 5.75 Å². The maximum absolute atomic E-state index is 11.3. The van der Waals surface area contributed by atoms with Crippen molar-refractivity contribution in [1.82, 2.24) is 10.3 Å². The molecule has 2 aromatic rings. The zero-order valence-corrected chi connectivity index (χ0v) is 11.0. The first-order chi connectivity index (χ1) is 9.13. The fraction of sp³-hybridized carbons (Fsp3) is 0.214. The molecule has 0 bridgehead atoms. The number of urea groups is 1. The number of hydrogen-bond acceptors (Lipinski definition) is 3. The number of hydrazine groups is 1. The van der Waals surface area contributed by atoms with Crippen LogP contribution in [0, 0.1) is 0 Å². The van der Waals surface area contributed by atoms with E-state index in [-0.39, 0.29) is 6.03 Å². The lowest BCUT2D eigenvalue weighted by Gasteiger charge is -2.16. The zero-order valence-electron chi connectivity index (χ0n) is 11.0. The third-order valence-corrected chi connectivity index (χ3v) is 3.00. The smallest absolute Gasteiger partial charge is 0.331 e. The average Bonchev–Trinajstić information content (AvgIpc) is 2.45. The van der Waals surface area contributed by atoms with Crippen LogP contribution in [-0.4, -0.2) is 25.1 Å². The average molecular weight is 259 g/mol. The molecule has 2 amide bonds. The van der Waals surface area contributed by atoms with E-state index < -0.39 is 0 Å². The van der Waals surface area contributed by atoms with Crippen LogP contribution in [0.25, 0.3) is 10.8 Å². The largest absolute Gasteiger partial charge is 0.497 e. The highest BCUT2D eigenvalue weighted by atomic mass is 16.5. The van der Waals surface area contributed by atoms with E-state index in [1.54, 1.807) is 14.2 Å². The maximum atomic E-state index is 11.3. The fourth-order valence-corrected chi connectivity index (χ4v) is 1.95. The van der Waals surface area contributed by atoms with Crippen molar-refractivity contribution in [2.75, 3.05) is 14.2 Å². The summed E-state index contributed by atoms with van der Waals surface area (Å²) in [6.45, 7) is 0.505. The fourth-order valence-electron chi connectivity index (χ4n) is 1.95. The van der Waals surface area contributed by atoms with Gasteiger partial charge in [0.25, 0.3) is 0 Å². The molecule has 0 saturated carbocycles. The van der Waals surface area contributed by atoms with Crippen molar-refractivity contribution in [2.45, 2.75) is 6.54 Å². The molecule has 0 aliphatic rings. The third-order valence-electron chi connectivity index (χ3n) is 3.00. The zero-order chi connectivity index (χ0) is 13.8. The summed E-state index contributed by atoms with van der Waals surface area (Å²) in [4.78, 5) is 12.9. The molecule has 0 unspecified atom stereocenters. The Kier molecular flexibility index (Phi) is 3.87. The van der Waals surface area contributed by atoms with E-state index in [4.69, 9.17) is 10.6 Å². The molecule has 3 N–H and O–H groups in total. The van der Waals surface area contributed by atoms with Crippen molar-refractivity contribution in [1.29, 1.82) is 0 Å². The van der Waals surface area contributed by atoms with Crippen molar-refractivity contribution in [3.05, 3.63) is 42.0 Å². The van der Waals surface area contributed by atoms with Gasteiger partial charge in [-0.3, -0.25) is 5.43 Å². The van der Waals surface area contributed by atoms with Crippen LogP contribution in [0.5, 0.6) is 5.75 Å². The van der Waals surface area contributed by atoms with Gasteiger partial charge in [-0.25, -0.2) is 10.6 Å². The minimum Gasteiger partial charge on any atom is -0.497 e. The number of amides is 2. The molecule has 100 valence electrons. The van der Waals surface area contributed by atoms with Crippen LogP contribution in [0.2, 0.25) is 0 Å². The Balaban J connectivity index is 2.24. The Morgan fingerprint density at radius 3 is 2.63 bits per heavy atom. The van der Waals surface area contributed by atoms with Crippen molar-refractivity contribution >= 4 is 16.8 Å². The number of nitrogens with one attached hydrogen (secondary N) is 1. The molecule has 0 heterocycles. The second-order valence-corrected chi connectivity index (χ2v) is 4.35. The van der Waals surface area contributed by atoms with Gasteiger partial charge in [0, 0.05) is 13.6 Å². The molecule has 5 heteroatoms. The second-order valence-electron chi connectivity index (χ2n) is 4.35. The summed E-state index contributed by atoms with van der Waals surface area (Å²) in [5.41, 5.74) is 3.15. The van der Waals surface area contributed by atoms with E-state index in [1.807, 2.05) is 30.3 Å². The number of methoxy groups -OCH3 is 1. The van der Waals surface area contributed by atoms with Crippen molar-refractivity contribution in [3.63, 3.8) is 0 Å². The Hall–Kier alpha value is -2.27. The molecule has 2 aromatic carbocycles. The number of rotatable bonds is 3. The van der Waals surface area contributed by atoms with Gasteiger partial charge in [0.15, 0.2) is 0 Å². The minimum atomic E-state index is -0.310. The normalized spacial score (nSPS) is 10.3. The first kappa shape index (κ1) is 13.2. The van der Waals surface area contributed by atoms with Gasteiger partial charge in [0.2, 0.25) is 0 Å². The number of carbonyl (C=O) groups excluding carboxylic acids is 1. The molecular formula is C14H17N3O2. The summed E-state index contributed by atoms with van der Waals surface area (Å²) in [5.74, 6) is 5.93. The standard InChI is InChI=1S/C14H17N3O2/c1-17(14(18)16-15)9-10-3-4-12-8-13(19-2)6-5-11(12)7-10/h3-8H,9,15H2,1-2H3,(H,16,18). The van der Waals surface area contributed by atoms with Crippen LogP contribution < -0.4 is 16.0 Å². The molecule has 5 nitrogen and oxygen atoms in total. The van der Waals surface area contributed by atoms with Crippen LogP contribution >= 0.6 is 0 Å². The highest BCUT2D eigenvalue weighted by molar-refractivity contribution is 5.84. The van der Waals surface area contributed by atoms with Crippen molar-refractivity contribution < 1.29 is 9.53 Å². The first-order valence-corrected chi connectivity index (χ1v) is 5.92. The molecule has 2 rings (SSSR count). The summed E-state index contributed by atoms with van der Waals surface area (Å²) >= 11 is 0. The number of ether oxygens (including phenoxy) is 1. The monoisotopic (exact) mass is 259 g/mol. The van der Waals surface area contributed by atoms with Crippen LogP contribution in [0.15, 0.2) is 36.4 Å². The molecule has 0 spiro atoms. The summed E-state index contributed by atoms with van der Waals surface area (Å²) in [5, 5.41) is 2.22. The Bertz CT molecular complexity index is 598. The Labute approximate surface area is 111 Å². The van der Waals surface area contributed by atoms with Gasteiger partial charge in [-0.1, -0.05) is 18.2 Å². The van der Waals surface area contributed by atoms with E-state index in [0.29, 0.717) is 6.54 Å². The molecule has 0 fully saturated rings. The van der Waals surface area contributed by atoms with Crippen molar-refractivity contribution in [3.8, 4) is 5.75 Å². The number of benzene rings is 2. The van der Waals surface area contributed by atoms with E-state index in [0.717, 1.165) is 22.1 Å². The summed E-state index contributed by atoms with van der Waals surface area (Å²) in [7, 11) is 3.34. The lowest BCUT2D eigenvalue weighted by Crippen LogP contribution is -2.40. The van der Waals surface area contributed by atoms with Gasteiger partial charge < -0.3 is 9.64 Å². The molecule has 0 aliphatic heterocycles. The van der Waals surface area contributed by atoms with E-state index in [9.17, 15) is 4.79 Å². The van der Waals surface area contributed by atoms with E-state index >= 15 is 0 Å². The van der Waals surface area contributed by atoms with E-state index in [1.165, 1.54) is 4.90 Å². The second kappa shape index (κ2) is 5.58. The highest BCUT2D eigenvalue weighted by Gasteiger charge is 2.07. The highest BCUT2D eigenvalue weighted by Crippen LogP contribution is 2.22. The first-order valence-electron chi connectivity index (χ1n) is 5.92. The van der Waals surface area contributed by atoms with Crippen LogP contribution in [0.1, 0.15) is 5.56 Å². The molecule has 0 aromatic heterocycles. The molecule has 0 radical (unpaired) electrons. The number of nitrogens with two attached hydrogens (primary N) is 1. The van der Waals surface area contributed by atoms with Crippen LogP contribution in [0.4, 0.5) is 4.79 Å². The number of fused-ring (bicyclic) bond motifs is 1. The van der Waals surface area contributed by atoms with Crippen LogP contribution in [-0.2, 0) is 6.54 Å². The summed E-state index contributed by atoms with van der Waals surface area (Å²) < 4.78 is 5.19. The Morgan fingerprint density at radius 2 is 1.95 bits per heavy atom. The van der Waals surface area contributed by atoms with Crippen molar-refractivity contribution in [2.24, 2.45) is 5.84 Å². The lowest BCUT2D eigenvalue weighted by atomic mass is 10.1. The molecule has 0 aliphatic carbocycles. The predicted molar refractivity (Wildman–Crippen MR) is 74.7 cm³/mol. The summed E-state index contributed by atoms with van der Waals surface area (Å²) in [6, 6.07) is 11.6. The summed E-state index contributed by atoms with van der Waals surface area (Å²) in [6.07, 6.45) is 0. The van der Waals surface area contributed by atoms with Gasteiger partial charge >= 0.3 is 6.03 Å². The number of hydrogen-bond donors (Lipinski definition) is 2. The van der Waals surface area contributed by atoms with Gasteiger partial charge in [-0.05, 0) is 34.5 Å². The van der Waals surface area contributed by atoms with Crippen LogP contribution in [0.3, 0.4) is 0 Å². The quantitative estimate of drug-likeness (QED) is 0.502. The topological polar surface area (TPSA) is 67.6 Å². The third kappa shape index (κ3) is 2.95. The molecular weight excluding hydrogens is 242 g/mol. The molecule has 0 saturated heterocycles. The lowest BCUT2D eigenvalue weighted by molar-refractivity contribution is 0.207. The molecule has 0 atom stereocenters. The maximum Gasteiger partial charge on any atom is 0.331 e. The van der Waals surface area contributed by atoms with Gasteiger partial charge in [0.05, 0.1) is 7.11 Å². The van der Waals surface area contributed by atoms with Gasteiger partial charge in [-0.2, -0.15) is 0 Å². The van der Waals surface area contributed by atoms with E-state index in [2.05, 4.69) is 11.5 Å². The number of carbonyl (C=O) groups is 1. The Morgan fingerprint density at radius 1 is 1.26 bits per heavy atom. The minimum absolute atomic E-state index is 0.310. The predicted octanol–water partition coefficient (Wildman–Crippen LogP) is 1.86.